The minimum atomic E-state index is -0.119. The molecule has 6 nitrogen and oxygen atoms in total. The molecule has 0 aromatic heterocycles. The van der Waals surface area contributed by atoms with Gasteiger partial charge >= 0.3 is 0 Å². The number of nitrogens with zero attached hydrogens (tertiary/aromatic N) is 2. The normalized spacial score (nSPS) is 15.8. The Morgan fingerprint density at radius 2 is 1.62 bits per heavy atom. The molecule has 1 saturated heterocycles. The van der Waals surface area contributed by atoms with Crippen molar-refractivity contribution in [2.75, 3.05) is 40.4 Å². The van der Waals surface area contributed by atoms with Gasteiger partial charge in [-0.3, -0.25) is 9.59 Å². The second-order valence-electron chi connectivity index (χ2n) is 6.13. The molecule has 1 aliphatic rings. The topological polar surface area (TPSA) is 59.1 Å². The largest absolute Gasteiger partial charge is 0.493 e. The highest BCUT2D eigenvalue weighted by Gasteiger charge is 2.26. The molecule has 2 amide bonds. The maximum absolute atomic E-state index is 12.6. The summed E-state index contributed by atoms with van der Waals surface area (Å²) in [6.45, 7) is 5.95. The number of carbonyl (C=O) groups is 2. The number of hydrogen-bond acceptors (Lipinski definition) is 4. The Morgan fingerprint density at radius 3 is 2.17 bits per heavy atom. The van der Waals surface area contributed by atoms with E-state index < -0.39 is 0 Å². The van der Waals surface area contributed by atoms with Crippen molar-refractivity contribution in [3.8, 4) is 11.5 Å². The third-order valence-electron chi connectivity index (χ3n) is 4.45. The quantitative estimate of drug-likeness (QED) is 0.820. The van der Waals surface area contributed by atoms with Gasteiger partial charge in [0.15, 0.2) is 11.5 Å². The summed E-state index contributed by atoms with van der Waals surface area (Å²) in [5.41, 5.74) is 1.04. The predicted octanol–water partition coefficient (Wildman–Crippen LogP) is 1.57. The summed E-state index contributed by atoms with van der Waals surface area (Å²) in [4.78, 5) is 27.6. The van der Waals surface area contributed by atoms with Gasteiger partial charge in [-0.2, -0.15) is 0 Å². The van der Waals surface area contributed by atoms with Crippen LogP contribution in [0.25, 0.3) is 0 Å². The first-order valence-corrected chi connectivity index (χ1v) is 8.21. The fourth-order valence-corrected chi connectivity index (χ4v) is 3.00. The van der Waals surface area contributed by atoms with Gasteiger partial charge in [0.25, 0.3) is 0 Å². The van der Waals surface area contributed by atoms with Crippen LogP contribution in [0.4, 0.5) is 0 Å². The van der Waals surface area contributed by atoms with Gasteiger partial charge in [-0.05, 0) is 24.1 Å². The van der Waals surface area contributed by atoms with Gasteiger partial charge in [0.05, 0.1) is 14.2 Å². The maximum Gasteiger partial charge on any atom is 0.225 e. The Kier molecular flexibility index (Phi) is 6.06. The summed E-state index contributed by atoms with van der Waals surface area (Å²) in [6.07, 6.45) is 0.645. The van der Waals surface area contributed by atoms with Crippen LogP contribution in [0.1, 0.15) is 19.4 Å². The summed E-state index contributed by atoms with van der Waals surface area (Å²) in [6, 6.07) is 5.73. The van der Waals surface area contributed by atoms with Crippen molar-refractivity contribution in [3.05, 3.63) is 23.8 Å². The van der Waals surface area contributed by atoms with Crippen molar-refractivity contribution in [1.82, 2.24) is 9.80 Å². The third kappa shape index (κ3) is 4.19. The Bertz CT molecular complexity index is 595. The average molecular weight is 334 g/mol. The molecule has 1 heterocycles. The Balaban J connectivity index is 1.96. The lowest BCUT2D eigenvalue weighted by atomic mass is 9.99. The number of benzene rings is 1. The van der Waals surface area contributed by atoms with E-state index in [2.05, 4.69) is 0 Å². The fourth-order valence-electron chi connectivity index (χ4n) is 3.00. The van der Waals surface area contributed by atoms with Crippen LogP contribution < -0.4 is 9.47 Å². The average Bonchev–Trinajstić information content (AvgIpc) is 2.60. The first kappa shape index (κ1) is 18.1. The van der Waals surface area contributed by atoms with Gasteiger partial charge in [0.2, 0.25) is 11.8 Å². The molecular weight excluding hydrogens is 308 g/mol. The minimum absolute atomic E-state index is 0.0699. The van der Waals surface area contributed by atoms with Crippen LogP contribution in [0.5, 0.6) is 11.5 Å². The number of amides is 2. The lowest BCUT2D eigenvalue weighted by Gasteiger charge is -2.35. The molecule has 24 heavy (non-hydrogen) atoms. The second-order valence-corrected chi connectivity index (χ2v) is 6.13. The third-order valence-corrected chi connectivity index (χ3v) is 4.45. The van der Waals surface area contributed by atoms with Crippen LogP contribution in [0.2, 0.25) is 0 Å². The second kappa shape index (κ2) is 8.04. The van der Waals surface area contributed by atoms with E-state index in [9.17, 15) is 9.59 Å². The van der Waals surface area contributed by atoms with Crippen molar-refractivity contribution >= 4 is 11.8 Å². The molecule has 6 heteroatoms. The lowest BCUT2D eigenvalue weighted by Crippen LogP contribution is -2.51. The van der Waals surface area contributed by atoms with Crippen molar-refractivity contribution in [2.24, 2.45) is 5.92 Å². The van der Waals surface area contributed by atoms with E-state index >= 15 is 0 Å². The van der Waals surface area contributed by atoms with Crippen LogP contribution in [0.15, 0.2) is 18.2 Å². The molecule has 0 spiro atoms. The van der Waals surface area contributed by atoms with E-state index in [-0.39, 0.29) is 17.7 Å². The molecule has 1 unspecified atom stereocenters. The predicted molar refractivity (Wildman–Crippen MR) is 91.2 cm³/mol. The molecule has 132 valence electrons. The van der Waals surface area contributed by atoms with Gasteiger partial charge in [0.1, 0.15) is 0 Å². The number of hydrogen-bond donors (Lipinski definition) is 0. The van der Waals surface area contributed by atoms with E-state index in [1.54, 1.807) is 26.0 Å². The van der Waals surface area contributed by atoms with E-state index in [1.165, 1.54) is 0 Å². The van der Waals surface area contributed by atoms with Gasteiger partial charge < -0.3 is 19.3 Å². The van der Waals surface area contributed by atoms with Gasteiger partial charge in [-0.25, -0.2) is 0 Å². The highest BCUT2D eigenvalue weighted by Crippen LogP contribution is 2.28. The number of rotatable bonds is 5. The zero-order chi connectivity index (χ0) is 17.7. The summed E-state index contributed by atoms with van der Waals surface area (Å²) >= 11 is 0. The van der Waals surface area contributed by atoms with Crippen LogP contribution in [-0.2, 0) is 16.0 Å². The summed E-state index contributed by atoms with van der Waals surface area (Å²) in [7, 11) is 3.20. The van der Waals surface area contributed by atoms with E-state index in [1.807, 2.05) is 30.0 Å². The molecule has 1 atom stereocenters. The van der Waals surface area contributed by atoms with E-state index in [0.29, 0.717) is 44.1 Å². The van der Waals surface area contributed by atoms with Gasteiger partial charge in [0, 0.05) is 39.0 Å². The summed E-state index contributed by atoms with van der Waals surface area (Å²) in [5.74, 6) is 1.44. The monoisotopic (exact) mass is 334 g/mol. The van der Waals surface area contributed by atoms with Crippen LogP contribution in [0, 0.1) is 5.92 Å². The standard InChI is InChI=1S/C18H26N2O4/c1-13(11-15-5-6-16(23-3)17(12-15)24-4)18(22)20-9-7-19(8-10-20)14(2)21/h5-6,12-13H,7-11H2,1-4H3. The fraction of sp³-hybridized carbons (Fsp3) is 0.556. The SMILES string of the molecule is COc1ccc(CC(C)C(=O)N2CCN(C(C)=O)CC2)cc1OC. The Labute approximate surface area is 143 Å². The molecule has 0 radical (unpaired) electrons. The number of ether oxygens (including phenoxy) is 2. The number of piperazine rings is 1. The van der Waals surface area contributed by atoms with Crippen LogP contribution in [0.3, 0.4) is 0 Å². The number of carbonyl (C=O) groups excluding carboxylic acids is 2. The molecule has 1 aromatic rings. The smallest absolute Gasteiger partial charge is 0.225 e. The lowest BCUT2D eigenvalue weighted by molar-refractivity contribution is -0.140. The van der Waals surface area contributed by atoms with Crippen LogP contribution in [-0.4, -0.2) is 62.0 Å². The highest BCUT2D eigenvalue weighted by molar-refractivity contribution is 5.79. The molecule has 2 rings (SSSR count). The number of methoxy groups -OCH3 is 2. The van der Waals surface area contributed by atoms with Gasteiger partial charge in [-0.1, -0.05) is 13.0 Å². The molecule has 1 aromatic carbocycles. The zero-order valence-electron chi connectivity index (χ0n) is 14.9. The molecule has 0 N–H and O–H groups in total. The molecular formula is C18H26N2O4. The van der Waals surface area contributed by atoms with Gasteiger partial charge in [-0.15, -0.1) is 0 Å². The first-order chi connectivity index (χ1) is 11.5. The Hall–Kier alpha value is -2.24. The van der Waals surface area contributed by atoms with Crippen molar-refractivity contribution < 1.29 is 19.1 Å². The van der Waals surface area contributed by atoms with E-state index in [4.69, 9.17) is 9.47 Å². The Morgan fingerprint density at radius 1 is 1.04 bits per heavy atom. The molecule has 0 aliphatic carbocycles. The first-order valence-electron chi connectivity index (χ1n) is 8.21. The molecule has 0 saturated carbocycles. The highest BCUT2D eigenvalue weighted by atomic mass is 16.5. The van der Waals surface area contributed by atoms with Crippen molar-refractivity contribution in [3.63, 3.8) is 0 Å². The summed E-state index contributed by atoms with van der Waals surface area (Å²) < 4.78 is 10.5. The van der Waals surface area contributed by atoms with Crippen molar-refractivity contribution in [1.29, 1.82) is 0 Å². The van der Waals surface area contributed by atoms with E-state index in [0.717, 1.165) is 5.56 Å². The van der Waals surface area contributed by atoms with Crippen molar-refractivity contribution in [2.45, 2.75) is 20.3 Å². The maximum atomic E-state index is 12.6. The molecule has 0 bridgehead atoms. The molecule has 1 aliphatic heterocycles. The van der Waals surface area contributed by atoms with Crippen LogP contribution >= 0.6 is 0 Å². The zero-order valence-corrected chi connectivity index (χ0v) is 14.9. The minimum Gasteiger partial charge on any atom is -0.493 e. The molecule has 1 fully saturated rings. The summed E-state index contributed by atoms with van der Waals surface area (Å²) in [5, 5.41) is 0.